The fraction of sp³-hybridized carbons (Fsp3) is 0.0175. The number of para-hydroxylation sites is 3. The minimum Gasteiger partial charge on any atom is -0.344 e. The molecule has 3 heterocycles. The Labute approximate surface area is 360 Å². The minimum absolute atomic E-state index is 0.329. The smallest absolute Gasteiger partial charge is 0.159 e. The van der Waals surface area contributed by atoms with Crippen LogP contribution >= 0.6 is 0 Å². The third kappa shape index (κ3) is 6.02. The molecule has 0 bridgehead atoms. The molecule has 292 valence electrons. The molecule has 1 unspecified atom stereocenters. The van der Waals surface area contributed by atoms with Gasteiger partial charge in [0.25, 0.3) is 0 Å². The topological polar surface area (TPSA) is 44.9 Å². The van der Waals surface area contributed by atoms with Crippen molar-refractivity contribution >= 4 is 50.4 Å². The average molecular weight is 794 g/mol. The minimum atomic E-state index is -0.329. The Bertz CT molecular complexity index is 3380. The number of anilines is 3. The van der Waals surface area contributed by atoms with E-state index in [1.807, 2.05) is 36.4 Å². The predicted octanol–water partition coefficient (Wildman–Crippen LogP) is 14.1. The zero-order valence-corrected chi connectivity index (χ0v) is 33.7. The van der Waals surface area contributed by atoms with Crippen LogP contribution in [0.2, 0.25) is 0 Å². The standard InChI is InChI=1S/C57H39N5/c1-4-17-38(18-5-1)42-23-16-24-45(36-42)62-51-29-14-11-26-48(51)53-47-25-10-13-28-50(47)61(52-30-15-12-27-49(52)54(53)62)46-34-33-39-31-32-43(35-44(39)37-46)57-59-55(40-19-6-2-7-20-40)58-56(60-57)41-21-8-3-9-22-41/h1-37,57H,(H,58,59,60). The van der Waals surface area contributed by atoms with E-state index in [4.69, 9.17) is 9.98 Å². The van der Waals surface area contributed by atoms with Crippen LogP contribution in [0.25, 0.3) is 60.9 Å². The van der Waals surface area contributed by atoms with Crippen molar-refractivity contribution in [2.45, 2.75) is 6.17 Å². The highest BCUT2D eigenvalue weighted by Gasteiger charge is 2.31. The number of hydrogen-bond donors (Lipinski definition) is 1. The van der Waals surface area contributed by atoms with E-state index in [0.29, 0.717) is 5.84 Å². The molecule has 1 atom stereocenters. The van der Waals surface area contributed by atoms with Crippen LogP contribution in [-0.4, -0.2) is 16.2 Å². The third-order valence-electron chi connectivity index (χ3n) is 12.1. The van der Waals surface area contributed by atoms with Gasteiger partial charge in [-0.25, -0.2) is 9.98 Å². The van der Waals surface area contributed by atoms with Gasteiger partial charge in [-0.05, 0) is 76.0 Å². The van der Waals surface area contributed by atoms with Gasteiger partial charge in [-0.15, -0.1) is 0 Å². The Morgan fingerprint density at radius 3 is 1.85 bits per heavy atom. The number of aromatic nitrogens is 1. The Hall–Kier alpha value is -8.28. The Morgan fingerprint density at radius 1 is 0.435 bits per heavy atom. The molecule has 0 aliphatic carbocycles. The highest BCUT2D eigenvalue weighted by Crippen LogP contribution is 2.54. The third-order valence-corrected chi connectivity index (χ3v) is 12.1. The molecular formula is C57H39N5. The average Bonchev–Trinajstić information content (AvgIpc) is 3.63. The first-order valence-corrected chi connectivity index (χ1v) is 21.1. The van der Waals surface area contributed by atoms with Crippen molar-refractivity contribution in [3.05, 3.63) is 241 Å². The molecule has 0 spiro atoms. The van der Waals surface area contributed by atoms with Gasteiger partial charge in [0, 0.05) is 44.6 Å². The van der Waals surface area contributed by atoms with E-state index in [2.05, 4.69) is 203 Å². The lowest BCUT2D eigenvalue weighted by atomic mass is 9.98. The molecule has 2 aliphatic heterocycles. The predicted molar refractivity (Wildman–Crippen MR) is 257 cm³/mol. The molecule has 12 rings (SSSR count). The van der Waals surface area contributed by atoms with E-state index in [0.717, 1.165) is 61.6 Å². The molecular weight excluding hydrogens is 755 g/mol. The van der Waals surface area contributed by atoms with Gasteiger partial charge >= 0.3 is 0 Å². The maximum Gasteiger partial charge on any atom is 0.159 e. The number of hydrogen-bond acceptors (Lipinski definition) is 4. The van der Waals surface area contributed by atoms with Crippen LogP contribution in [0.1, 0.15) is 22.9 Å². The van der Waals surface area contributed by atoms with Crippen molar-refractivity contribution in [2.24, 2.45) is 9.98 Å². The lowest BCUT2D eigenvalue weighted by molar-refractivity contribution is 0.675. The maximum atomic E-state index is 5.19. The summed E-state index contributed by atoms with van der Waals surface area (Å²) in [6.45, 7) is 0. The number of amidine groups is 2. The van der Waals surface area contributed by atoms with Crippen LogP contribution in [0, 0.1) is 0 Å². The van der Waals surface area contributed by atoms with Gasteiger partial charge in [0.1, 0.15) is 12.0 Å². The van der Waals surface area contributed by atoms with Crippen LogP contribution in [0.4, 0.5) is 17.1 Å². The maximum absolute atomic E-state index is 5.19. The first kappa shape index (κ1) is 35.6. The summed E-state index contributed by atoms with van der Waals surface area (Å²) < 4.78 is 2.47. The SMILES string of the molecule is c1ccc(C2=NC(c3ccc4ccc(N5c6ccccc6-c6c(n(-c7cccc(-c8ccccc8)c7)c7ccccc67)-c6ccccc65)cc4c3)NC(c3ccccc3)=N2)cc1. The molecule has 0 fully saturated rings. The van der Waals surface area contributed by atoms with E-state index >= 15 is 0 Å². The Morgan fingerprint density at radius 2 is 1.06 bits per heavy atom. The van der Waals surface area contributed by atoms with Gasteiger partial charge in [0.2, 0.25) is 0 Å². The summed E-state index contributed by atoms with van der Waals surface area (Å²) >= 11 is 0. The summed E-state index contributed by atoms with van der Waals surface area (Å²) in [5.41, 5.74) is 15.8. The van der Waals surface area contributed by atoms with Gasteiger partial charge in [-0.3, -0.25) is 0 Å². The van der Waals surface area contributed by atoms with E-state index in [9.17, 15) is 0 Å². The van der Waals surface area contributed by atoms with E-state index < -0.39 is 0 Å². The second-order valence-corrected chi connectivity index (χ2v) is 15.8. The summed E-state index contributed by atoms with van der Waals surface area (Å²) in [7, 11) is 0. The van der Waals surface area contributed by atoms with Crippen molar-refractivity contribution in [3.8, 4) is 39.2 Å². The van der Waals surface area contributed by atoms with Gasteiger partial charge in [-0.2, -0.15) is 0 Å². The molecule has 1 aromatic heterocycles. The monoisotopic (exact) mass is 793 g/mol. The molecule has 1 N–H and O–H groups in total. The van der Waals surface area contributed by atoms with Crippen molar-refractivity contribution < 1.29 is 0 Å². The molecule has 5 nitrogen and oxygen atoms in total. The van der Waals surface area contributed by atoms with Gasteiger partial charge in [0.15, 0.2) is 5.84 Å². The second-order valence-electron chi connectivity index (χ2n) is 15.8. The lowest BCUT2D eigenvalue weighted by Gasteiger charge is -2.28. The van der Waals surface area contributed by atoms with Crippen LogP contribution in [0.15, 0.2) is 234 Å². The van der Waals surface area contributed by atoms with E-state index in [-0.39, 0.29) is 6.17 Å². The first-order valence-electron chi connectivity index (χ1n) is 21.1. The number of aliphatic imine (C=N–C) groups is 2. The number of fused-ring (bicyclic) bond motifs is 8. The molecule has 10 aromatic rings. The highest BCUT2D eigenvalue weighted by molar-refractivity contribution is 6.14. The largest absolute Gasteiger partial charge is 0.344 e. The van der Waals surface area contributed by atoms with Crippen molar-refractivity contribution in [3.63, 3.8) is 0 Å². The lowest BCUT2D eigenvalue weighted by Crippen LogP contribution is -2.33. The van der Waals surface area contributed by atoms with Gasteiger partial charge in [-0.1, -0.05) is 176 Å². The second kappa shape index (κ2) is 14.8. The fourth-order valence-corrected chi connectivity index (χ4v) is 9.29. The number of nitrogens with one attached hydrogen (secondary N) is 1. The van der Waals surface area contributed by atoms with Crippen LogP contribution < -0.4 is 10.2 Å². The van der Waals surface area contributed by atoms with Crippen molar-refractivity contribution in [1.82, 2.24) is 9.88 Å². The Kier molecular flexibility index (Phi) is 8.49. The quantitative estimate of drug-likeness (QED) is 0.182. The number of nitrogens with zero attached hydrogens (tertiary/aromatic N) is 4. The summed E-state index contributed by atoms with van der Waals surface area (Å²) in [4.78, 5) is 12.6. The van der Waals surface area contributed by atoms with Crippen molar-refractivity contribution in [1.29, 1.82) is 0 Å². The van der Waals surface area contributed by atoms with Gasteiger partial charge < -0.3 is 14.8 Å². The molecule has 0 saturated heterocycles. The zero-order valence-electron chi connectivity index (χ0n) is 33.7. The van der Waals surface area contributed by atoms with Crippen LogP contribution in [0.3, 0.4) is 0 Å². The number of rotatable bonds is 6. The van der Waals surface area contributed by atoms with Crippen molar-refractivity contribution in [2.75, 3.05) is 4.90 Å². The summed E-state index contributed by atoms with van der Waals surface area (Å²) in [5.74, 6) is 1.52. The highest BCUT2D eigenvalue weighted by atomic mass is 15.2. The molecule has 0 saturated carbocycles. The molecule has 2 aliphatic rings. The van der Waals surface area contributed by atoms with Crippen LogP contribution in [0.5, 0.6) is 0 Å². The molecule has 62 heavy (non-hydrogen) atoms. The summed E-state index contributed by atoms with van der Waals surface area (Å²) in [5, 5.41) is 7.17. The molecule has 0 radical (unpaired) electrons. The normalized spacial score (nSPS) is 14.3. The molecule has 9 aromatic carbocycles. The van der Waals surface area contributed by atoms with E-state index in [1.54, 1.807) is 0 Å². The molecule has 0 amide bonds. The number of benzene rings is 9. The zero-order chi connectivity index (χ0) is 41.0. The van der Waals surface area contributed by atoms with E-state index in [1.165, 1.54) is 38.9 Å². The fourth-order valence-electron chi connectivity index (χ4n) is 9.29. The summed E-state index contributed by atoms with van der Waals surface area (Å²) in [6, 6.07) is 80.2. The summed E-state index contributed by atoms with van der Waals surface area (Å²) in [6.07, 6.45) is -0.329. The first-order chi connectivity index (χ1) is 30.7. The molecule has 5 heteroatoms. The van der Waals surface area contributed by atoms with Crippen LogP contribution in [-0.2, 0) is 0 Å². The Balaban J connectivity index is 1.02. The van der Waals surface area contributed by atoms with Gasteiger partial charge in [0.05, 0.1) is 22.6 Å².